The van der Waals surface area contributed by atoms with Crippen molar-refractivity contribution < 1.29 is 4.79 Å². The summed E-state index contributed by atoms with van der Waals surface area (Å²) in [6.07, 6.45) is 1.78. The summed E-state index contributed by atoms with van der Waals surface area (Å²) in [5.41, 5.74) is 3.96. The second-order valence-corrected chi connectivity index (χ2v) is 9.11. The molecule has 1 amide bonds. The molecule has 2 aromatic carbocycles. The lowest BCUT2D eigenvalue weighted by Crippen LogP contribution is -2.32. The number of aryl methyl sites for hydroxylation is 2. The molecule has 0 N–H and O–H groups in total. The van der Waals surface area contributed by atoms with E-state index in [4.69, 9.17) is 4.98 Å². The van der Waals surface area contributed by atoms with Crippen LogP contribution < -0.4 is 5.56 Å². The zero-order chi connectivity index (χ0) is 24.1. The van der Waals surface area contributed by atoms with E-state index in [0.717, 1.165) is 16.7 Å². The number of aromatic nitrogens is 4. The van der Waals surface area contributed by atoms with E-state index in [9.17, 15) is 9.59 Å². The molecule has 0 atom stereocenters. The monoisotopic (exact) mass is 475 g/mol. The van der Waals surface area contributed by atoms with Gasteiger partial charge in [0.25, 0.3) is 5.56 Å². The summed E-state index contributed by atoms with van der Waals surface area (Å²) in [5, 5.41) is 4.93. The Morgan fingerprint density at radius 2 is 1.76 bits per heavy atom. The maximum Gasteiger partial charge on any atom is 0.282 e. The third-order valence-electron chi connectivity index (χ3n) is 5.70. The van der Waals surface area contributed by atoms with Crippen LogP contribution >= 0.6 is 11.8 Å². The molecule has 0 unspecified atom stereocenters. The first kappa shape index (κ1) is 23.8. The standard InChI is InChI=1S/C26H29N5O2S/c1-4-29(15-20-9-7-6-8-10-20)23(32)18-34-26-27-22-17-30(5-2)28-24(22)25(33)31(26)16-21-13-11-19(3)12-14-21/h6-14,17H,4-5,15-16,18H2,1-3H3. The lowest BCUT2D eigenvalue weighted by atomic mass is 10.1. The Hall–Kier alpha value is -3.39. The zero-order valence-electron chi connectivity index (χ0n) is 19.8. The second kappa shape index (κ2) is 10.7. The van der Waals surface area contributed by atoms with Gasteiger partial charge in [-0.25, -0.2) is 4.98 Å². The Kier molecular flexibility index (Phi) is 7.47. The van der Waals surface area contributed by atoms with Crippen molar-refractivity contribution in [1.82, 2.24) is 24.2 Å². The molecule has 0 spiro atoms. The van der Waals surface area contributed by atoms with Crippen molar-refractivity contribution in [2.24, 2.45) is 0 Å². The minimum Gasteiger partial charge on any atom is -0.338 e. The van der Waals surface area contributed by atoms with Gasteiger partial charge in [0.15, 0.2) is 10.7 Å². The van der Waals surface area contributed by atoms with Crippen molar-refractivity contribution in [3.63, 3.8) is 0 Å². The van der Waals surface area contributed by atoms with Crippen LogP contribution in [0.2, 0.25) is 0 Å². The van der Waals surface area contributed by atoms with Crippen LogP contribution in [0.4, 0.5) is 0 Å². The largest absolute Gasteiger partial charge is 0.338 e. The van der Waals surface area contributed by atoms with Crippen LogP contribution in [0.1, 0.15) is 30.5 Å². The van der Waals surface area contributed by atoms with E-state index in [-0.39, 0.29) is 17.2 Å². The molecule has 8 heteroatoms. The number of amides is 1. The second-order valence-electron chi connectivity index (χ2n) is 8.17. The first-order valence-electron chi connectivity index (χ1n) is 11.5. The normalized spacial score (nSPS) is 11.1. The molecule has 34 heavy (non-hydrogen) atoms. The summed E-state index contributed by atoms with van der Waals surface area (Å²) in [4.78, 5) is 32.9. The zero-order valence-corrected chi connectivity index (χ0v) is 20.6. The molecule has 2 aromatic heterocycles. The van der Waals surface area contributed by atoms with Gasteiger partial charge in [-0.05, 0) is 31.9 Å². The molecule has 0 aliphatic rings. The number of hydrogen-bond donors (Lipinski definition) is 0. The van der Waals surface area contributed by atoms with E-state index in [1.807, 2.05) is 80.3 Å². The molecule has 176 valence electrons. The average Bonchev–Trinajstić information content (AvgIpc) is 3.28. The van der Waals surface area contributed by atoms with Gasteiger partial charge in [-0.3, -0.25) is 18.8 Å². The van der Waals surface area contributed by atoms with Crippen LogP contribution in [0.25, 0.3) is 11.0 Å². The molecule has 0 bridgehead atoms. The highest BCUT2D eigenvalue weighted by molar-refractivity contribution is 7.99. The number of fused-ring (bicyclic) bond motifs is 1. The fourth-order valence-electron chi connectivity index (χ4n) is 3.71. The van der Waals surface area contributed by atoms with Crippen LogP contribution in [0.5, 0.6) is 0 Å². The molecular weight excluding hydrogens is 446 g/mol. The molecule has 2 heterocycles. The van der Waals surface area contributed by atoms with E-state index >= 15 is 0 Å². The molecule has 0 radical (unpaired) electrons. The predicted molar refractivity (Wildman–Crippen MR) is 136 cm³/mol. The first-order chi connectivity index (χ1) is 16.5. The van der Waals surface area contributed by atoms with Gasteiger partial charge in [0.2, 0.25) is 5.91 Å². The Morgan fingerprint density at radius 1 is 1.03 bits per heavy atom. The maximum absolute atomic E-state index is 13.4. The number of carbonyl (C=O) groups is 1. The molecule has 0 aliphatic carbocycles. The van der Waals surface area contributed by atoms with Crippen molar-refractivity contribution in [3.8, 4) is 0 Å². The van der Waals surface area contributed by atoms with Gasteiger partial charge < -0.3 is 4.90 Å². The van der Waals surface area contributed by atoms with E-state index in [2.05, 4.69) is 5.10 Å². The van der Waals surface area contributed by atoms with Crippen molar-refractivity contribution in [2.75, 3.05) is 12.3 Å². The summed E-state index contributed by atoms with van der Waals surface area (Å²) in [6, 6.07) is 18.0. The molecule has 0 saturated heterocycles. The SMILES string of the molecule is CCN(Cc1ccccc1)C(=O)CSc1nc2cn(CC)nc2c(=O)n1Cc1ccc(C)cc1. The van der Waals surface area contributed by atoms with Crippen molar-refractivity contribution in [1.29, 1.82) is 0 Å². The minimum atomic E-state index is -0.190. The molecule has 4 aromatic rings. The lowest BCUT2D eigenvalue weighted by Gasteiger charge is -2.21. The van der Waals surface area contributed by atoms with Crippen molar-refractivity contribution in [2.45, 2.75) is 45.6 Å². The topological polar surface area (TPSA) is 73.0 Å². The smallest absolute Gasteiger partial charge is 0.282 e. The fourth-order valence-corrected chi connectivity index (χ4v) is 4.61. The summed E-state index contributed by atoms with van der Waals surface area (Å²) < 4.78 is 3.35. The van der Waals surface area contributed by atoms with Crippen LogP contribution in [0, 0.1) is 6.92 Å². The molecule has 0 fully saturated rings. The number of thioether (sulfide) groups is 1. The van der Waals surface area contributed by atoms with Gasteiger partial charge >= 0.3 is 0 Å². The lowest BCUT2D eigenvalue weighted by molar-refractivity contribution is -0.128. The predicted octanol–water partition coefficient (Wildman–Crippen LogP) is 4.11. The highest BCUT2D eigenvalue weighted by Crippen LogP contribution is 2.20. The molecule has 0 aliphatic heterocycles. The number of carbonyl (C=O) groups excluding carboxylic acids is 1. The molecular formula is C26H29N5O2S. The average molecular weight is 476 g/mol. The summed E-state index contributed by atoms with van der Waals surface area (Å²) >= 11 is 1.30. The Bertz CT molecular complexity index is 1330. The van der Waals surface area contributed by atoms with Crippen LogP contribution in [-0.4, -0.2) is 42.4 Å². The number of hydrogen-bond acceptors (Lipinski definition) is 5. The summed E-state index contributed by atoms with van der Waals surface area (Å²) in [5.74, 6) is 0.214. The first-order valence-corrected chi connectivity index (χ1v) is 12.4. The quantitative estimate of drug-likeness (QED) is 0.269. The molecule has 0 saturated carbocycles. The Balaban J connectivity index is 1.61. The van der Waals surface area contributed by atoms with Gasteiger partial charge in [0, 0.05) is 19.6 Å². The number of rotatable bonds is 9. The van der Waals surface area contributed by atoms with Crippen molar-refractivity contribution in [3.05, 3.63) is 87.8 Å². The van der Waals surface area contributed by atoms with Crippen LogP contribution in [-0.2, 0) is 24.4 Å². The van der Waals surface area contributed by atoms with Crippen LogP contribution in [0.15, 0.2) is 70.7 Å². The van der Waals surface area contributed by atoms with E-state index < -0.39 is 0 Å². The summed E-state index contributed by atoms with van der Waals surface area (Å²) in [6.45, 7) is 8.17. The van der Waals surface area contributed by atoms with Crippen molar-refractivity contribution >= 4 is 28.7 Å². The highest BCUT2D eigenvalue weighted by atomic mass is 32.2. The number of benzene rings is 2. The van der Waals surface area contributed by atoms with E-state index in [1.54, 1.807) is 15.4 Å². The minimum absolute atomic E-state index is 0.0110. The third kappa shape index (κ3) is 5.39. The Morgan fingerprint density at radius 3 is 2.44 bits per heavy atom. The Labute approximate surface area is 203 Å². The van der Waals surface area contributed by atoms with Gasteiger partial charge in [-0.2, -0.15) is 5.10 Å². The summed E-state index contributed by atoms with van der Waals surface area (Å²) in [7, 11) is 0. The fraction of sp³-hybridized carbons (Fsp3) is 0.308. The number of nitrogens with zero attached hydrogens (tertiary/aromatic N) is 5. The van der Waals surface area contributed by atoms with Gasteiger partial charge in [-0.15, -0.1) is 0 Å². The van der Waals surface area contributed by atoms with Gasteiger partial charge in [0.05, 0.1) is 18.5 Å². The highest BCUT2D eigenvalue weighted by Gasteiger charge is 2.18. The van der Waals surface area contributed by atoms with Crippen LogP contribution in [0.3, 0.4) is 0 Å². The molecule has 7 nitrogen and oxygen atoms in total. The third-order valence-corrected chi connectivity index (χ3v) is 6.66. The molecule has 4 rings (SSSR count). The van der Waals surface area contributed by atoms with Gasteiger partial charge in [0.1, 0.15) is 5.52 Å². The van der Waals surface area contributed by atoms with E-state index in [1.165, 1.54) is 11.8 Å². The van der Waals surface area contributed by atoms with E-state index in [0.29, 0.717) is 42.4 Å². The van der Waals surface area contributed by atoms with Gasteiger partial charge in [-0.1, -0.05) is 71.9 Å². The maximum atomic E-state index is 13.4.